The lowest BCUT2D eigenvalue weighted by molar-refractivity contribution is -0.339. The first-order valence-corrected chi connectivity index (χ1v) is 11.9. The van der Waals surface area contributed by atoms with Gasteiger partial charge >= 0.3 is 5.69 Å². The molecule has 2 N–H and O–H groups in total. The average Bonchev–Trinajstić information content (AvgIpc) is 2.81. The Kier molecular flexibility index (Phi) is 7.41. The lowest BCUT2D eigenvalue weighted by Gasteiger charge is -2.37. The van der Waals surface area contributed by atoms with Crippen LogP contribution in [0.4, 0.5) is 4.39 Å². The Morgan fingerprint density at radius 2 is 1.80 bits per heavy atom. The monoisotopic (exact) mass is 496 g/mol. The predicted octanol–water partition coefficient (Wildman–Crippen LogP) is -3.74. The van der Waals surface area contributed by atoms with Crippen LogP contribution in [0.25, 0.3) is 0 Å². The number of aliphatic hydroxyl groups is 1. The zero-order valence-corrected chi connectivity index (χ0v) is 17.2. The summed E-state index contributed by atoms with van der Waals surface area (Å²) >= 11 is 0. The van der Waals surface area contributed by atoms with Crippen LogP contribution < -0.4 is 30.8 Å². The second-order valence-corrected chi connectivity index (χ2v) is 10.0. The molecule has 30 heavy (non-hydrogen) atoms. The Balaban J connectivity index is 2.09. The van der Waals surface area contributed by atoms with Crippen LogP contribution in [-0.2, 0) is 31.6 Å². The van der Waals surface area contributed by atoms with Gasteiger partial charge in [0.2, 0.25) is 0 Å². The van der Waals surface area contributed by atoms with Gasteiger partial charge in [0.05, 0.1) is 14.4 Å². The average molecular weight is 496 g/mol. The summed E-state index contributed by atoms with van der Waals surface area (Å²) < 4.78 is 63.1. The second kappa shape index (κ2) is 8.82. The molecule has 1 aliphatic heterocycles. The van der Waals surface area contributed by atoms with E-state index in [1.807, 2.05) is 4.98 Å². The van der Waals surface area contributed by atoms with Gasteiger partial charge in [0.25, 0.3) is 21.2 Å². The number of aromatic amines is 1. The van der Waals surface area contributed by atoms with E-state index in [0.717, 1.165) is 6.20 Å². The number of phosphoric ester groups is 1. The quantitative estimate of drug-likeness (QED) is 0.328. The van der Waals surface area contributed by atoms with Crippen LogP contribution >= 0.6 is 23.5 Å². The fourth-order valence-electron chi connectivity index (χ4n) is 2.29. The number of alkyl halides is 1. The summed E-state index contributed by atoms with van der Waals surface area (Å²) in [6.45, 7) is 0.0351. The summed E-state index contributed by atoms with van der Waals surface area (Å²) in [5, 5.41) is 9.83. The maximum Gasteiger partial charge on any atom is 0.330 e. The molecule has 0 amide bonds. The van der Waals surface area contributed by atoms with Crippen molar-refractivity contribution in [1.29, 1.82) is 0 Å². The van der Waals surface area contributed by atoms with Crippen LogP contribution in [0.2, 0.25) is 0 Å². The molecular formula is C10H12FN2O14P3-4. The van der Waals surface area contributed by atoms with E-state index in [4.69, 9.17) is 4.74 Å². The van der Waals surface area contributed by atoms with Gasteiger partial charge in [-0.3, -0.25) is 27.8 Å². The van der Waals surface area contributed by atoms with E-state index in [1.165, 1.54) is 6.92 Å². The number of hydrogen-bond acceptors (Lipinski definition) is 14. The number of hydrogen-bond donors (Lipinski definition) is 2. The van der Waals surface area contributed by atoms with Gasteiger partial charge in [-0.25, -0.2) is 13.5 Å². The van der Waals surface area contributed by atoms with Crippen LogP contribution in [0, 0.1) is 6.92 Å². The SMILES string of the molecule is Cc1cn(C2OC(COP(=O)([O-])OP(=O)([O-])OP(=O)([O-])[O-])C(O)C2F)c(=O)[nH]c1=O. The third-order valence-electron chi connectivity index (χ3n) is 3.51. The van der Waals surface area contributed by atoms with Crippen LogP contribution in [0.15, 0.2) is 15.8 Å². The topological polar surface area (TPSA) is 255 Å². The minimum Gasteiger partial charge on any atom is -0.790 e. The van der Waals surface area contributed by atoms with Crippen molar-refractivity contribution in [2.75, 3.05) is 6.61 Å². The molecule has 0 aliphatic carbocycles. The number of ether oxygens (including phenoxy) is 1. The van der Waals surface area contributed by atoms with Crippen molar-refractivity contribution < 1.29 is 60.6 Å². The minimum absolute atomic E-state index is 0.0164. The van der Waals surface area contributed by atoms with Crippen LogP contribution in [0.5, 0.6) is 0 Å². The summed E-state index contributed by atoms with van der Waals surface area (Å²) in [6, 6.07) is 0. The van der Waals surface area contributed by atoms with E-state index < -0.39 is 65.9 Å². The zero-order valence-electron chi connectivity index (χ0n) is 14.5. The molecule has 1 saturated heterocycles. The van der Waals surface area contributed by atoms with Gasteiger partial charge in [-0.15, -0.1) is 0 Å². The molecule has 1 fully saturated rings. The predicted molar refractivity (Wildman–Crippen MR) is 81.8 cm³/mol. The summed E-state index contributed by atoms with van der Waals surface area (Å²) in [5.41, 5.74) is -1.88. The fraction of sp³-hybridized carbons (Fsp3) is 0.600. The third kappa shape index (κ3) is 6.47. The molecule has 0 saturated carbocycles. The maximum atomic E-state index is 14.3. The first kappa shape index (κ1) is 25.2. The number of H-pyrrole nitrogens is 1. The molecule has 20 heteroatoms. The van der Waals surface area contributed by atoms with E-state index in [2.05, 4.69) is 13.1 Å². The molecule has 1 aliphatic rings. The zero-order chi connectivity index (χ0) is 23.1. The van der Waals surface area contributed by atoms with E-state index in [-0.39, 0.29) is 5.56 Å². The highest BCUT2D eigenvalue weighted by atomic mass is 31.3. The Hall–Kier alpha value is -1.06. The highest BCUT2D eigenvalue weighted by molar-refractivity contribution is 7.64. The number of nitrogens with one attached hydrogen (secondary N) is 1. The number of nitrogens with zero attached hydrogens (tertiary/aromatic N) is 1. The fourth-order valence-corrected chi connectivity index (χ4v) is 5.15. The maximum absolute atomic E-state index is 14.3. The summed E-state index contributed by atoms with van der Waals surface area (Å²) in [7, 11) is -18.3. The van der Waals surface area contributed by atoms with Crippen molar-refractivity contribution in [2.45, 2.75) is 31.5 Å². The molecule has 0 aromatic carbocycles. The number of aryl methyl sites for hydroxylation is 1. The number of phosphoric acid groups is 3. The normalized spacial score (nSPS) is 28.8. The smallest absolute Gasteiger partial charge is 0.330 e. The molecular weight excluding hydrogens is 484 g/mol. The summed E-state index contributed by atoms with van der Waals surface area (Å²) in [5.74, 6) is 0. The Labute approximate surface area is 165 Å². The van der Waals surface area contributed by atoms with E-state index in [9.17, 15) is 52.4 Å². The van der Waals surface area contributed by atoms with Crippen molar-refractivity contribution in [3.8, 4) is 0 Å². The lowest BCUT2D eigenvalue weighted by Crippen LogP contribution is -2.36. The van der Waals surface area contributed by atoms with Gasteiger partial charge in [0, 0.05) is 11.8 Å². The highest BCUT2D eigenvalue weighted by Crippen LogP contribution is 2.60. The minimum atomic E-state index is -6.20. The first-order valence-electron chi connectivity index (χ1n) is 7.52. The van der Waals surface area contributed by atoms with Crippen molar-refractivity contribution in [3.63, 3.8) is 0 Å². The van der Waals surface area contributed by atoms with Gasteiger partial charge in [0.15, 0.2) is 12.4 Å². The molecule has 2 heterocycles. The molecule has 6 atom stereocenters. The third-order valence-corrected chi connectivity index (χ3v) is 7.18. The lowest BCUT2D eigenvalue weighted by atomic mass is 10.1. The molecule has 0 bridgehead atoms. The van der Waals surface area contributed by atoms with Crippen LogP contribution in [-0.4, -0.2) is 39.6 Å². The Morgan fingerprint density at radius 1 is 1.20 bits per heavy atom. The Bertz CT molecular complexity index is 1050. The molecule has 172 valence electrons. The van der Waals surface area contributed by atoms with E-state index in [1.54, 1.807) is 0 Å². The molecule has 1 aromatic rings. The van der Waals surface area contributed by atoms with Gasteiger partial charge in [0.1, 0.15) is 12.2 Å². The number of aromatic nitrogens is 2. The second-order valence-electron chi connectivity index (χ2n) is 5.78. The molecule has 6 unspecified atom stereocenters. The van der Waals surface area contributed by atoms with Crippen molar-refractivity contribution in [3.05, 3.63) is 32.6 Å². The van der Waals surface area contributed by atoms with Crippen molar-refractivity contribution in [1.82, 2.24) is 9.55 Å². The standard InChI is InChI=1S/C10H16FN2O14P3/c1-4-2-13(10(16)12-8(4)15)9-6(11)7(14)5(25-9)3-24-29(20,21)27-30(22,23)26-28(17,18)19/h2,5-7,9,14H,3H2,1H3,(H,20,21)(H,22,23)(H,12,15,16)(H2,17,18,19)/p-4. The molecule has 0 spiro atoms. The number of halogens is 1. The van der Waals surface area contributed by atoms with Crippen LogP contribution in [0.1, 0.15) is 11.8 Å². The van der Waals surface area contributed by atoms with E-state index >= 15 is 0 Å². The Morgan fingerprint density at radius 3 is 2.37 bits per heavy atom. The summed E-state index contributed by atoms with van der Waals surface area (Å²) in [4.78, 5) is 68.0. The highest BCUT2D eigenvalue weighted by Gasteiger charge is 2.46. The van der Waals surface area contributed by atoms with Gasteiger partial charge in [-0.05, 0) is 6.92 Å². The number of rotatable bonds is 8. The molecule has 0 radical (unpaired) electrons. The van der Waals surface area contributed by atoms with E-state index in [0.29, 0.717) is 4.57 Å². The number of aliphatic hydroxyl groups excluding tert-OH is 1. The van der Waals surface area contributed by atoms with Crippen molar-refractivity contribution in [2.24, 2.45) is 0 Å². The molecule has 1 aromatic heterocycles. The molecule has 16 nitrogen and oxygen atoms in total. The van der Waals surface area contributed by atoms with Gasteiger partial charge < -0.3 is 38.5 Å². The van der Waals surface area contributed by atoms with Crippen LogP contribution in [0.3, 0.4) is 0 Å². The summed E-state index contributed by atoms with van der Waals surface area (Å²) in [6.07, 6.45) is -7.07. The van der Waals surface area contributed by atoms with Gasteiger partial charge in [-0.2, -0.15) is 0 Å². The first-order chi connectivity index (χ1) is 13.5. The van der Waals surface area contributed by atoms with Crippen molar-refractivity contribution >= 4 is 23.5 Å². The molecule has 2 rings (SSSR count). The van der Waals surface area contributed by atoms with Gasteiger partial charge in [-0.1, -0.05) is 0 Å². The largest absolute Gasteiger partial charge is 0.790 e.